The third kappa shape index (κ3) is 4.50. The second kappa shape index (κ2) is 8.54. The van der Waals surface area contributed by atoms with Gasteiger partial charge in [-0.2, -0.15) is 5.10 Å². The summed E-state index contributed by atoms with van der Waals surface area (Å²) in [6.45, 7) is 8.71. The number of hydrogen-bond acceptors (Lipinski definition) is 4. The van der Waals surface area contributed by atoms with Gasteiger partial charge in [0.15, 0.2) is 0 Å². The van der Waals surface area contributed by atoms with Crippen molar-refractivity contribution in [3.05, 3.63) is 92.3 Å². The molecule has 0 saturated heterocycles. The molecular weight excluding hydrogens is 418 g/mol. The zero-order chi connectivity index (χ0) is 23.8. The average Bonchev–Trinajstić information content (AvgIpc) is 3.17. The number of rotatable bonds is 5. The first-order valence-corrected chi connectivity index (χ1v) is 10.9. The molecule has 0 bridgehead atoms. The number of H-pyrrole nitrogens is 1. The van der Waals surface area contributed by atoms with Crippen LogP contribution in [0.2, 0.25) is 0 Å². The summed E-state index contributed by atoms with van der Waals surface area (Å²) in [5.74, 6) is 0.218. The molecule has 2 aromatic heterocycles. The van der Waals surface area contributed by atoms with Crippen LogP contribution in [0.25, 0.3) is 10.9 Å². The maximum Gasteiger partial charge on any atom is 0.328 e. The van der Waals surface area contributed by atoms with E-state index in [9.17, 15) is 14.4 Å². The molecule has 0 radical (unpaired) electrons. The van der Waals surface area contributed by atoms with Crippen LogP contribution in [0.15, 0.2) is 64.2 Å². The number of anilines is 1. The summed E-state index contributed by atoms with van der Waals surface area (Å²) < 4.78 is 2.90. The number of carbonyl (C=O) groups excluding carboxylic acids is 1. The molecule has 0 spiro atoms. The zero-order valence-corrected chi connectivity index (χ0v) is 19.2. The van der Waals surface area contributed by atoms with E-state index in [1.54, 1.807) is 23.7 Å². The number of aromatic nitrogens is 4. The van der Waals surface area contributed by atoms with Gasteiger partial charge < -0.3 is 10.3 Å². The van der Waals surface area contributed by atoms with Crippen LogP contribution >= 0.6 is 0 Å². The number of carbonyl (C=O) groups is 1. The van der Waals surface area contributed by atoms with E-state index in [0.29, 0.717) is 28.8 Å². The normalized spacial score (nSPS) is 11.6. The van der Waals surface area contributed by atoms with E-state index in [2.05, 4.69) is 31.1 Å². The predicted octanol–water partition coefficient (Wildman–Crippen LogP) is 3.50. The van der Waals surface area contributed by atoms with E-state index >= 15 is 0 Å². The Morgan fingerprint density at radius 2 is 1.79 bits per heavy atom. The molecule has 33 heavy (non-hydrogen) atoms. The van der Waals surface area contributed by atoms with E-state index in [4.69, 9.17) is 5.10 Å². The molecular formula is C25H27N5O3. The molecule has 2 N–H and O–H groups in total. The predicted molar refractivity (Wildman–Crippen MR) is 129 cm³/mol. The van der Waals surface area contributed by atoms with Crippen LogP contribution in [0.3, 0.4) is 0 Å². The molecule has 4 aromatic rings. The lowest BCUT2D eigenvalue weighted by Crippen LogP contribution is -2.34. The van der Waals surface area contributed by atoms with Gasteiger partial charge in [-0.15, -0.1) is 0 Å². The smallest absolute Gasteiger partial charge is 0.307 e. The number of hydrogen-bond donors (Lipinski definition) is 2. The standard InChI is InChI=1S/C25H27N5O3/c1-5-29-23(32)18-12-11-17(13-19(18)26-24(29)33)22(31)27-21-14-20(25(2,3)4)28-30(21)15-16-9-7-6-8-10-16/h6-14H,5,15H2,1-4H3,(H,26,33)(H,27,31). The molecule has 8 heteroatoms. The SMILES string of the molecule is CCn1c(=O)[nH]c2cc(C(=O)Nc3cc(C(C)(C)C)nn3Cc3ccccc3)ccc2c1=O. The second-order valence-electron chi connectivity index (χ2n) is 9.00. The van der Waals surface area contributed by atoms with Crippen LogP contribution < -0.4 is 16.6 Å². The van der Waals surface area contributed by atoms with Gasteiger partial charge in [0.1, 0.15) is 5.82 Å². The Morgan fingerprint density at radius 1 is 1.06 bits per heavy atom. The minimum Gasteiger partial charge on any atom is -0.307 e. The molecule has 0 saturated carbocycles. The van der Waals surface area contributed by atoms with Gasteiger partial charge in [-0.25, -0.2) is 9.48 Å². The van der Waals surface area contributed by atoms with Gasteiger partial charge in [0.05, 0.1) is 23.1 Å². The molecule has 1 amide bonds. The van der Waals surface area contributed by atoms with Crippen LogP contribution in [-0.4, -0.2) is 25.2 Å². The Balaban J connectivity index is 1.69. The van der Waals surface area contributed by atoms with Crippen molar-refractivity contribution in [1.82, 2.24) is 19.3 Å². The van der Waals surface area contributed by atoms with Crippen molar-refractivity contribution >= 4 is 22.6 Å². The summed E-state index contributed by atoms with van der Waals surface area (Å²) in [5, 5.41) is 8.03. The third-order valence-electron chi connectivity index (χ3n) is 5.53. The van der Waals surface area contributed by atoms with E-state index in [-0.39, 0.29) is 23.4 Å². The number of nitrogens with one attached hydrogen (secondary N) is 2. The van der Waals surface area contributed by atoms with Crippen molar-refractivity contribution < 1.29 is 4.79 Å². The van der Waals surface area contributed by atoms with Gasteiger partial charge >= 0.3 is 5.69 Å². The molecule has 2 aromatic carbocycles. The maximum absolute atomic E-state index is 13.1. The van der Waals surface area contributed by atoms with E-state index in [0.717, 1.165) is 15.8 Å². The van der Waals surface area contributed by atoms with Crippen LogP contribution in [0.1, 0.15) is 49.3 Å². The van der Waals surface area contributed by atoms with Gasteiger partial charge in [0, 0.05) is 23.6 Å². The van der Waals surface area contributed by atoms with Gasteiger partial charge in [-0.3, -0.25) is 14.2 Å². The number of benzene rings is 2. The van der Waals surface area contributed by atoms with Crippen molar-refractivity contribution in [3.63, 3.8) is 0 Å². The summed E-state index contributed by atoms with van der Waals surface area (Å²) in [7, 11) is 0. The van der Waals surface area contributed by atoms with Crippen LogP contribution in [0, 0.1) is 0 Å². The molecule has 0 aliphatic rings. The quantitative estimate of drug-likeness (QED) is 0.491. The van der Waals surface area contributed by atoms with E-state index in [1.165, 1.54) is 6.07 Å². The largest absolute Gasteiger partial charge is 0.328 e. The summed E-state index contributed by atoms with van der Waals surface area (Å²) in [5.41, 5.74) is 1.52. The first-order chi connectivity index (χ1) is 15.7. The molecule has 0 aliphatic carbocycles. The molecule has 0 fully saturated rings. The fourth-order valence-electron chi connectivity index (χ4n) is 3.63. The molecule has 170 valence electrons. The van der Waals surface area contributed by atoms with Crippen molar-refractivity contribution in [2.24, 2.45) is 0 Å². The Kier molecular flexibility index (Phi) is 5.76. The molecule has 0 aliphatic heterocycles. The van der Waals surface area contributed by atoms with Crippen LogP contribution in [0.5, 0.6) is 0 Å². The second-order valence-corrected chi connectivity index (χ2v) is 9.00. The topological polar surface area (TPSA) is 102 Å². The lowest BCUT2D eigenvalue weighted by molar-refractivity contribution is 0.102. The molecule has 2 heterocycles. The number of nitrogens with zero attached hydrogens (tertiary/aromatic N) is 3. The fraction of sp³-hybridized carbons (Fsp3) is 0.280. The summed E-state index contributed by atoms with van der Waals surface area (Å²) in [6, 6.07) is 16.4. The third-order valence-corrected chi connectivity index (χ3v) is 5.53. The van der Waals surface area contributed by atoms with Crippen molar-refractivity contribution in [1.29, 1.82) is 0 Å². The van der Waals surface area contributed by atoms with Gasteiger partial charge in [-0.05, 0) is 30.7 Å². The van der Waals surface area contributed by atoms with Crippen molar-refractivity contribution in [2.45, 2.75) is 46.2 Å². The molecule has 0 atom stereocenters. The van der Waals surface area contributed by atoms with Gasteiger partial charge in [-0.1, -0.05) is 51.1 Å². The lowest BCUT2D eigenvalue weighted by atomic mass is 9.92. The first-order valence-electron chi connectivity index (χ1n) is 10.9. The van der Waals surface area contributed by atoms with Gasteiger partial charge in [0.2, 0.25) is 0 Å². The molecule has 4 rings (SSSR count). The fourth-order valence-corrected chi connectivity index (χ4v) is 3.63. The highest BCUT2D eigenvalue weighted by atomic mass is 16.2. The summed E-state index contributed by atoms with van der Waals surface area (Å²) in [6.07, 6.45) is 0. The first kappa shape index (κ1) is 22.3. The van der Waals surface area contributed by atoms with E-state index in [1.807, 2.05) is 36.4 Å². The highest BCUT2D eigenvalue weighted by Crippen LogP contribution is 2.25. The van der Waals surface area contributed by atoms with Gasteiger partial charge in [0.25, 0.3) is 11.5 Å². The number of aromatic amines is 1. The summed E-state index contributed by atoms with van der Waals surface area (Å²) in [4.78, 5) is 40.4. The Hall–Kier alpha value is -3.94. The zero-order valence-electron chi connectivity index (χ0n) is 19.2. The highest BCUT2D eigenvalue weighted by molar-refractivity contribution is 6.05. The molecule has 0 unspecified atom stereocenters. The maximum atomic E-state index is 13.1. The Bertz CT molecular complexity index is 1440. The highest BCUT2D eigenvalue weighted by Gasteiger charge is 2.21. The van der Waals surface area contributed by atoms with Crippen LogP contribution in [0.4, 0.5) is 5.82 Å². The monoisotopic (exact) mass is 445 g/mol. The number of amides is 1. The van der Waals surface area contributed by atoms with Crippen molar-refractivity contribution in [2.75, 3.05) is 5.32 Å². The number of fused-ring (bicyclic) bond motifs is 1. The van der Waals surface area contributed by atoms with E-state index < -0.39 is 5.69 Å². The minimum atomic E-state index is -0.497. The summed E-state index contributed by atoms with van der Waals surface area (Å²) >= 11 is 0. The van der Waals surface area contributed by atoms with Crippen LogP contribution in [-0.2, 0) is 18.5 Å². The Morgan fingerprint density at radius 3 is 2.45 bits per heavy atom. The Labute approximate surface area is 190 Å². The minimum absolute atomic E-state index is 0.191. The van der Waals surface area contributed by atoms with Crippen molar-refractivity contribution in [3.8, 4) is 0 Å². The molecule has 8 nitrogen and oxygen atoms in total. The average molecular weight is 446 g/mol. The lowest BCUT2D eigenvalue weighted by Gasteiger charge is -2.14.